The number of nitrogens with two attached hydrogens (primary N) is 1. The zero-order valence-electron chi connectivity index (χ0n) is 13.3. The van der Waals surface area contributed by atoms with Crippen molar-refractivity contribution in [1.82, 2.24) is 14.8 Å². The summed E-state index contributed by atoms with van der Waals surface area (Å²) in [5, 5.41) is 11.4. The summed E-state index contributed by atoms with van der Waals surface area (Å²) >= 11 is 3.16. The number of hydrogen-bond donors (Lipinski definition) is 1. The molecular weight excluding hydrogens is 328 g/mol. The van der Waals surface area contributed by atoms with Crippen molar-refractivity contribution in [1.29, 1.82) is 0 Å². The van der Waals surface area contributed by atoms with Crippen molar-refractivity contribution in [2.75, 3.05) is 0 Å². The summed E-state index contributed by atoms with van der Waals surface area (Å²) in [6.45, 7) is 1.83. The van der Waals surface area contributed by atoms with Crippen LogP contribution in [0, 0.1) is 0 Å². The Kier molecular flexibility index (Phi) is 5.38. The lowest BCUT2D eigenvalue weighted by atomic mass is 9.95. The van der Waals surface area contributed by atoms with Gasteiger partial charge in [0.1, 0.15) is 5.82 Å². The molecule has 0 unspecified atom stereocenters. The fourth-order valence-electron chi connectivity index (χ4n) is 3.00. The lowest BCUT2D eigenvalue weighted by Gasteiger charge is -2.26. The molecule has 23 heavy (non-hydrogen) atoms. The third-order valence-electron chi connectivity index (χ3n) is 4.27. The first-order valence-electron chi connectivity index (χ1n) is 8.07. The van der Waals surface area contributed by atoms with Crippen LogP contribution >= 0.6 is 23.1 Å². The fourth-order valence-corrected chi connectivity index (χ4v) is 4.59. The number of primary amides is 1. The SMILES string of the molecule is C[C@H](Sc1nnc(Cc2cccs2)n1C1CCCCC1)C(N)=O. The van der Waals surface area contributed by atoms with E-state index in [9.17, 15) is 4.79 Å². The number of carbonyl (C=O) groups is 1. The average molecular weight is 351 g/mol. The summed E-state index contributed by atoms with van der Waals surface area (Å²) in [7, 11) is 0. The largest absolute Gasteiger partial charge is 0.369 e. The lowest BCUT2D eigenvalue weighted by Crippen LogP contribution is -2.24. The van der Waals surface area contributed by atoms with Gasteiger partial charge in [-0.05, 0) is 31.2 Å². The number of thioether (sulfide) groups is 1. The molecule has 124 valence electrons. The minimum absolute atomic E-state index is 0.295. The third kappa shape index (κ3) is 3.95. The second-order valence-electron chi connectivity index (χ2n) is 5.98. The molecule has 1 amide bonds. The van der Waals surface area contributed by atoms with E-state index < -0.39 is 0 Å². The predicted octanol–water partition coefficient (Wildman–Crippen LogP) is 3.40. The van der Waals surface area contributed by atoms with Gasteiger partial charge in [-0.15, -0.1) is 21.5 Å². The third-order valence-corrected chi connectivity index (χ3v) is 6.22. The van der Waals surface area contributed by atoms with Crippen LogP contribution in [0.3, 0.4) is 0 Å². The maximum Gasteiger partial charge on any atom is 0.230 e. The van der Waals surface area contributed by atoms with Gasteiger partial charge in [-0.1, -0.05) is 37.1 Å². The molecule has 2 N–H and O–H groups in total. The Hall–Kier alpha value is -1.34. The van der Waals surface area contributed by atoms with Crippen LogP contribution in [0.5, 0.6) is 0 Å². The molecule has 5 nitrogen and oxygen atoms in total. The molecule has 1 aliphatic rings. The van der Waals surface area contributed by atoms with Crippen LogP contribution in [0.25, 0.3) is 0 Å². The number of carbonyl (C=O) groups excluding carboxylic acids is 1. The van der Waals surface area contributed by atoms with E-state index in [1.54, 1.807) is 11.3 Å². The Bertz CT molecular complexity index is 647. The van der Waals surface area contributed by atoms with Crippen LogP contribution in [-0.4, -0.2) is 25.9 Å². The summed E-state index contributed by atoms with van der Waals surface area (Å²) in [5.41, 5.74) is 5.41. The Morgan fingerprint density at radius 1 is 1.43 bits per heavy atom. The van der Waals surface area contributed by atoms with Crippen LogP contribution < -0.4 is 5.73 Å². The molecule has 1 atom stereocenters. The van der Waals surface area contributed by atoms with Gasteiger partial charge < -0.3 is 10.3 Å². The van der Waals surface area contributed by atoms with Gasteiger partial charge in [0.15, 0.2) is 5.16 Å². The first-order valence-corrected chi connectivity index (χ1v) is 9.83. The zero-order valence-corrected chi connectivity index (χ0v) is 14.9. The van der Waals surface area contributed by atoms with Crippen molar-refractivity contribution in [3.8, 4) is 0 Å². The van der Waals surface area contributed by atoms with E-state index in [-0.39, 0.29) is 11.2 Å². The molecule has 0 saturated heterocycles. The number of amides is 1. The first-order chi connectivity index (χ1) is 11.1. The average Bonchev–Trinajstić information content (AvgIpc) is 3.19. The predicted molar refractivity (Wildman–Crippen MR) is 93.8 cm³/mol. The molecule has 0 aromatic carbocycles. The van der Waals surface area contributed by atoms with Crippen LogP contribution in [0.15, 0.2) is 22.7 Å². The highest BCUT2D eigenvalue weighted by atomic mass is 32.2. The Labute approximate surface area is 144 Å². The van der Waals surface area contributed by atoms with E-state index in [1.807, 2.05) is 6.92 Å². The van der Waals surface area contributed by atoms with Crippen LogP contribution in [0.2, 0.25) is 0 Å². The van der Waals surface area contributed by atoms with Gasteiger partial charge in [-0.3, -0.25) is 4.79 Å². The highest BCUT2D eigenvalue weighted by Gasteiger charge is 2.25. The van der Waals surface area contributed by atoms with Crippen LogP contribution in [-0.2, 0) is 11.2 Å². The van der Waals surface area contributed by atoms with E-state index in [4.69, 9.17) is 5.73 Å². The Balaban J connectivity index is 1.88. The van der Waals surface area contributed by atoms with Gasteiger partial charge in [0.2, 0.25) is 5.91 Å². The van der Waals surface area contributed by atoms with Crippen molar-refractivity contribution in [2.45, 2.75) is 61.9 Å². The standard InChI is InChI=1S/C16H22N4OS2/c1-11(15(17)21)23-16-19-18-14(10-13-8-5-9-22-13)20(16)12-6-3-2-4-7-12/h5,8-9,11-12H,2-4,6-7,10H2,1H3,(H2,17,21)/t11-/m0/s1. The first kappa shape index (κ1) is 16.5. The Morgan fingerprint density at radius 2 is 2.22 bits per heavy atom. The summed E-state index contributed by atoms with van der Waals surface area (Å²) in [6.07, 6.45) is 6.92. The molecule has 2 aromatic rings. The number of nitrogens with zero attached hydrogens (tertiary/aromatic N) is 3. The molecule has 3 rings (SSSR count). The van der Waals surface area contributed by atoms with E-state index >= 15 is 0 Å². The molecule has 1 aliphatic carbocycles. The molecule has 0 spiro atoms. The minimum Gasteiger partial charge on any atom is -0.369 e. The van der Waals surface area contributed by atoms with E-state index in [2.05, 4.69) is 32.3 Å². The maximum atomic E-state index is 11.4. The van der Waals surface area contributed by atoms with Gasteiger partial charge in [0.25, 0.3) is 0 Å². The van der Waals surface area contributed by atoms with Gasteiger partial charge >= 0.3 is 0 Å². The summed E-state index contributed by atoms with van der Waals surface area (Å²) in [4.78, 5) is 12.7. The molecule has 7 heteroatoms. The second kappa shape index (κ2) is 7.49. The lowest BCUT2D eigenvalue weighted by molar-refractivity contribution is -0.117. The molecule has 2 aromatic heterocycles. The minimum atomic E-state index is -0.312. The molecular formula is C16H22N4OS2. The van der Waals surface area contributed by atoms with Gasteiger partial charge in [-0.2, -0.15) is 0 Å². The zero-order chi connectivity index (χ0) is 16.2. The highest BCUT2D eigenvalue weighted by Crippen LogP contribution is 2.34. The van der Waals surface area contributed by atoms with Crippen molar-refractivity contribution < 1.29 is 4.79 Å². The maximum absolute atomic E-state index is 11.4. The number of rotatable bonds is 6. The normalized spacial score (nSPS) is 17.3. The quantitative estimate of drug-likeness (QED) is 0.810. The molecule has 1 fully saturated rings. The van der Waals surface area contributed by atoms with Crippen molar-refractivity contribution in [2.24, 2.45) is 5.73 Å². The summed E-state index contributed by atoms with van der Waals surface area (Å²) in [5.74, 6) is 0.687. The molecule has 1 saturated carbocycles. The van der Waals surface area contributed by atoms with Crippen molar-refractivity contribution in [3.05, 3.63) is 28.2 Å². The fraction of sp³-hybridized carbons (Fsp3) is 0.562. The van der Waals surface area contributed by atoms with Gasteiger partial charge in [0, 0.05) is 17.3 Å². The number of thiophene rings is 1. The van der Waals surface area contributed by atoms with E-state index in [0.29, 0.717) is 6.04 Å². The highest BCUT2D eigenvalue weighted by molar-refractivity contribution is 8.00. The Morgan fingerprint density at radius 3 is 2.87 bits per heavy atom. The topological polar surface area (TPSA) is 73.8 Å². The van der Waals surface area contributed by atoms with Gasteiger partial charge in [-0.25, -0.2) is 0 Å². The molecule has 0 bridgehead atoms. The number of hydrogen-bond acceptors (Lipinski definition) is 5. The molecule has 0 aliphatic heterocycles. The summed E-state index contributed by atoms with van der Waals surface area (Å²) in [6, 6.07) is 4.63. The van der Waals surface area contributed by atoms with Crippen molar-refractivity contribution in [3.63, 3.8) is 0 Å². The van der Waals surface area contributed by atoms with E-state index in [1.165, 1.54) is 35.9 Å². The monoisotopic (exact) mass is 350 g/mol. The smallest absolute Gasteiger partial charge is 0.230 e. The van der Waals surface area contributed by atoms with Crippen LogP contribution in [0.1, 0.15) is 55.8 Å². The van der Waals surface area contributed by atoms with E-state index in [0.717, 1.165) is 30.2 Å². The molecule has 2 heterocycles. The summed E-state index contributed by atoms with van der Waals surface area (Å²) < 4.78 is 2.27. The number of aromatic nitrogens is 3. The second-order valence-corrected chi connectivity index (χ2v) is 8.32. The van der Waals surface area contributed by atoms with Gasteiger partial charge in [0.05, 0.1) is 5.25 Å². The van der Waals surface area contributed by atoms with Crippen molar-refractivity contribution >= 4 is 29.0 Å². The molecule has 0 radical (unpaired) electrons. The van der Waals surface area contributed by atoms with Crippen LogP contribution in [0.4, 0.5) is 0 Å².